The first-order valence-electron chi connectivity index (χ1n) is 4.70. The number of carbonyl (C=O) groups is 2. The van der Waals surface area contributed by atoms with Gasteiger partial charge in [0.25, 0.3) is 0 Å². The average Bonchev–Trinajstić information content (AvgIpc) is 2.13. The van der Waals surface area contributed by atoms with Crippen LogP contribution in [-0.4, -0.2) is 23.6 Å². The van der Waals surface area contributed by atoms with E-state index in [0.29, 0.717) is 12.3 Å². The van der Waals surface area contributed by atoms with Gasteiger partial charge in [-0.15, -0.1) is 0 Å². The minimum atomic E-state index is -0.658. The molecule has 0 fully saturated rings. The fraction of sp³-hybridized carbons (Fsp3) is 0.778. The van der Waals surface area contributed by atoms with Crippen molar-refractivity contribution in [3.8, 4) is 0 Å². The molecule has 82 valence electrons. The summed E-state index contributed by atoms with van der Waals surface area (Å²) in [6, 6.07) is -0.658. The Kier molecular flexibility index (Phi) is 6.36. The highest BCUT2D eigenvalue weighted by Gasteiger charge is 2.16. The Hall–Kier alpha value is -0.710. The summed E-state index contributed by atoms with van der Waals surface area (Å²) in [4.78, 5) is 22.1. The summed E-state index contributed by atoms with van der Waals surface area (Å²) in [5, 5.41) is 2.54. The molecule has 2 amide bonds. The molecule has 2 atom stereocenters. The Labute approximate surface area is 90.0 Å². The molecule has 0 unspecified atom stereocenters. The monoisotopic (exact) mass is 218 g/mol. The van der Waals surface area contributed by atoms with Crippen LogP contribution >= 0.6 is 12.6 Å². The Balaban J connectivity index is 3.97. The van der Waals surface area contributed by atoms with Gasteiger partial charge < -0.3 is 11.1 Å². The van der Waals surface area contributed by atoms with Crippen LogP contribution in [0.2, 0.25) is 0 Å². The van der Waals surface area contributed by atoms with Gasteiger partial charge in [-0.2, -0.15) is 12.6 Å². The molecule has 0 rings (SSSR count). The molecule has 0 aromatic rings. The highest BCUT2D eigenvalue weighted by Crippen LogP contribution is 2.05. The molecule has 0 radical (unpaired) electrons. The molecule has 0 aliphatic rings. The summed E-state index contributed by atoms with van der Waals surface area (Å²) in [5.74, 6) is -0.125. The fourth-order valence-electron chi connectivity index (χ4n) is 0.921. The van der Waals surface area contributed by atoms with Crippen LogP contribution < -0.4 is 11.1 Å². The van der Waals surface area contributed by atoms with Crippen LogP contribution in [0.15, 0.2) is 0 Å². The lowest BCUT2D eigenvalue weighted by Gasteiger charge is -2.14. The lowest BCUT2D eigenvalue weighted by atomic mass is 10.0. The van der Waals surface area contributed by atoms with Gasteiger partial charge in [-0.05, 0) is 5.92 Å². The molecule has 0 aliphatic carbocycles. The van der Waals surface area contributed by atoms with E-state index in [2.05, 4.69) is 17.9 Å². The van der Waals surface area contributed by atoms with Crippen molar-refractivity contribution in [3.63, 3.8) is 0 Å². The number of hydrogen-bond acceptors (Lipinski definition) is 3. The smallest absolute Gasteiger partial charge is 0.240 e. The molecule has 0 spiro atoms. The highest BCUT2D eigenvalue weighted by atomic mass is 32.1. The third kappa shape index (κ3) is 5.11. The molecule has 0 heterocycles. The molecule has 4 nitrogen and oxygen atoms in total. The molecule has 5 heteroatoms. The number of nitrogens with one attached hydrogen (secondary N) is 1. The van der Waals surface area contributed by atoms with E-state index in [-0.39, 0.29) is 11.7 Å². The maximum Gasteiger partial charge on any atom is 0.240 e. The van der Waals surface area contributed by atoms with Crippen LogP contribution in [0.4, 0.5) is 0 Å². The number of primary amides is 1. The van der Waals surface area contributed by atoms with Crippen molar-refractivity contribution in [2.24, 2.45) is 11.7 Å². The van der Waals surface area contributed by atoms with Crippen LogP contribution in [0.5, 0.6) is 0 Å². The average molecular weight is 218 g/mol. The van der Waals surface area contributed by atoms with Gasteiger partial charge in [0.2, 0.25) is 11.8 Å². The van der Waals surface area contributed by atoms with Crippen LogP contribution in [0.1, 0.15) is 26.7 Å². The summed E-state index contributed by atoms with van der Waals surface area (Å²) in [5.41, 5.74) is 5.06. The van der Waals surface area contributed by atoms with Crippen molar-refractivity contribution in [3.05, 3.63) is 0 Å². The fourth-order valence-corrected chi connectivity index (χ4v) is 1.19. The quantitative estimate of drug-likeness (QED) is 0.562. The van der Waals surface area contributed by atoms with Gasteiger partial charge in [-0.25, -0.2) is 0 Å². The molecule has 0 aliphatic heterocycles. The summed E-state index contributed by atoms with van der Waals surface area (Å²) < 4.78 is 0. The predicted octanol–water partition coefficient (Wildman–Crippen LogP) is 0.323. The van der Waals surface area contributed by atoms with Gasteiger partial charge in [0.05, 0.1) is 0 Å². The molecule has 3 N–H and O–H groups in total. The van der Waals surface area contributed by atoms with Crippen molar-refractivity contribution in [1.29, 1.82) is 0 Å². The van der Waals surface area contributed by atoms with Gasteiger partial charge in [0.1, 0.15) is 6.04 Å². The first-order valence-corrected chi connectivity index (χ1v) is 5.34. The van der Waals surface area contributed by atoms with E-state index in [1.54, 1.807) is 0 Å². The first kappa shape index (κ1) is 13.3. The Bertz CT molecular complexity index is 209. The van der Waals surface area contributed by atoms with Crippen LogP contribution in [0.25, 0.3) is 0 Å². The standard InChI is InChI=1S/C9H18N2O2S/c1-3-6(2)4-8(12)11-7(5-14)9(10)13/h6-7,14H,3-5H2,1-2H3,(H2,10,13)(H,11,12)/t6-,7-/m0/s1. The van der Waals surface area contributed by atoms with Gasteiger partial charge >= 0.3 is 0 Å². The van der Waals surface area contributed by atoms with E-state index in [9.17, 15) is 9.59 Å². The van der Waals surface area contributed by atoms with Gasteiger partial charge in [-0.1, -0.05) is 20.3 Å². The minimum absolute atomic E-state index is 0.141. The van der Waals surface area contributed by atoms with Crippen molar-refractivity contribution in [2.75, 3.05) is 5.75 Å². The largest absolute Gasteiger partial charge is 0.368 e. The lowest BCUT2D eigenvalue weighted by molar-refractivity contribution is -0.127. The Morgan fingerprint density at radius 3 is 2.43 bits per heavy atom. The Morgan fingerprint density at radius 2 is 2.07 bits per heavy atom. The summed E-state index contributed by atoms with van der Waals surface area (Å²) in [6.45, 7) is 4.00. The third-order valence-corrected chi connectivity index (χ3v) is 2.46. The van der Waals surface area contributed by atoms with Gasteiger partial charge in [-0.3, -0.25) is 9.59 Å². The number of rotatable bonds is 6. The number of hydrogen-bond donors (Lipinski definition) is 3. The summed E-state index contributed by atoms with van der Waals surface area (Å²) >= 11 is 3.93. The number of thiol groups is 1. The second-order valence-electron chi connectivity index (χ2n) is 3.42. The van der Waals surface area contributed by atoms with Crippen molar-refractivity contribution < 1.29 is 9.59 Å². The zero-order valence-electron chi connectivity index (χ0n) is 8.62. The number of amides is 2. The zero-order chi connectivity index (χ0) is 11.1. The molecule has 0 saturated heterocycles. The lowest BCUT2D eigenvalue weighted by Crippen LogP contribution is -2.46. The SMILES string of the molecule is CC[C@H](C)CC(=O)N[C@@H](CS)C(N)=O. The second-order valence-corrected chi connectivity index (χ2v) is 3.79. The van der Waals surface area contributed by atoms with E-state index in [0.717, 1.165) is 6.42 Å². The van der Waals surface area contributed by atoms with E-state index in [1.807, 2.05) is 13.8 Å². The number of carbonyl (C=O) groups excluding carboxylic acids is 2. The van der Waals surface area contributed by atoms with Crippen LogP contribution in [0.3, 0.4) is 0 Å². The maximum atomic E-state index is 11.3. The molecule has 0 aromatic heterocycles. The molecule has 0 aromatic carbocycles. The maximum absolute atomic E-state index is 11.3. The molecular formula is C9H18N2O2S. The second kappa shape index (κ2) is 6.70. The summed E-state index contributed by atoms with van der Waals surface area (Å²) in [7, 11) is 0. The third-order valence-electron chi connectivity index (χ3n) is 2.09. The number of nitrogens with two attached hydrogens (primary N) is 1. The molecule has 0 saturated carbocycles. The van der Waals surface area contributed by atoms with E-state index in [1.165, 1.54) is 0 Å². The van der Waals surface area contributed by atoms with Crippen LogP contribution in [-0.2, 0) is 9.59 Å². The van der Waals surface area contributed by atoms with E-state index < -0.39 is 11.9 Å². The molecular weight excluding hydrogens is 200 g/mol. The predicted molar refractivity (Wildman–Crippen MR) is 59.1 cm³/mol. The molecule has 0 bridgehead atoms. The van der Waals surface area contributed by atoms with Crippen molar-refractivity contribution in [2.45, 2.75) is 32.7 Å². The zero-order valence-corrected chi connectivity index (χ0v) is 9.51. The van der Waals surface area contributed by atoms with Gasteiger partial charge in [0.15, 0.2) is 0 Å². The summed E-state index contributed by atoms with van der Waals surface area (Å²) in [6.07, 6.45) is 1.36. The first-order chi connectivity index (χ1) is 6.51. The van der Waals surface area contributed by atoms with Gasteiger partial charge in [0, 0.05) is 12.2 Å². The normalized spacial score (nSPS) is 14.5. The van der Waals surface area contributed by atoms with E-state index >= 15 is 0 Å². The van der Waals surface area contributed by atoms with Crippen molar-refractivity contribution >= 4 is 24.4 Å². The topological polar surface area (TPSA) is 72.2 Å². The van der Waals surface area contributed by atoms with Crippen LogP contribution in [0, 0.1) is 5.92 Å². The minimum Gasteiger partial charge on any atom is -0.368 e. The van der Waals surface area contributed by atoms with Crippen molar-refractivity contribution in [1.82, 2.24) is 5.32 Å². The molecule has 14 heavy (non-hydrogen) atoms. The Morgan fingerprint density at radius 1 is 1.50 bits per heavy atom. The highest BCUT2D eigenvalue weighted by molar-refractivity contribution is 7.80. The van der Waals surface area contributed by atoms with E-state index in [4.69, 9.17) is 5.73 Å².